The number of aromatic nitrogens is 2. The SMILES string of the molecule is C[Si](C)(C)CCOCn1nc(Cl)ccc1=O. The van der Waals surface area contributed by atoms with E-state index in [1.54, 1.807) is 0 Å². The second kappa shape index (κ2) is 5.61. The highest BCUT2D eigenvalue weighted by atomic mass is 35.5. The Labute approximate surface area is 101 Å². The van der Waals surface area contributed by atoms with Crippen LogP contribution >= 0.6 is 11.6 Å². The summed E-state index contributed by atoms with van der Waals surface area (Å²) in [6.45, 7) is 7.67. The van der Waals surface area contributed by atoms with Gasteiger partial charge in [0.2, 0.25) is 0 Å². The van der Waals surface area contributed by atoms with E-state index in [1.807, 2.05) is 0 Å². The van der Waals surface area contributed by atoms with Crippen LogP contribution in [0.5, 0.6) is 0 Å². The molecule has 0 N–H and O–H groups in total. The number of ether oxygens (including phenoxy) is 1. The van der Waals surface area contributed by atoms with Crippen LogP contribution in [0, 0.1) is 0 Å². The summed E-state index contributed by atoms with van der Waals surface area (Å²) in [5, 5.41) is 4.16. The van der Waals surface area contributed by atoms with Crippen molar-refractivity contribution in [1.82, 2.24) is 9.78 Å². The first-order chi connectivity index (χ1) is 7.38. The summed E-state index contributed by atoms with van der Waals surface area (Å²) in [4.78, 5) is 11.3. The monoisotopic (exact) mass is 260 g/mol. The van der Waals surface area contributed by atoms with E-state index in [2.05, 4.69) is 24.7 Å². The van der Waals surface area contributed by atoms with Crippen LogP contribution in [0.1, 0.15) is 0 Å². The Morgan fingerprint density at radius 1 is 1.44 bits per heavy atom. The van der Waals surface area contributed by atoms with E-state index >= 15 is 0 Å². The number of hydrogen-bond donors (Lipinski definition) is 0. The molecule has 0 saturated heterocycles. The van der Waals surface area contributed by atoms with Gasteiger partial charge in [0, 0.05) is 20.7 Å². The molecule has 0 aliphatic rings. The van der Waals surface area contributed by atoms with E-state index in [0.717, 1.165) is 6.04 Å². The molecule has 1 aromatic rings. The van der Waals surface area contributed by atoms with Crippen LogP contribution in [-0.2, 0) is 11.5 Å². The van der Waals surface area contributed by atoms with Crippen molar-refractivity contribution in [2.24, 2.45) is 0 Å². The number of rotatable bonds is 5. The third-order valence-corrected chi connectivity index (χ3v) is 3.95. The number of hydrogen-bond acceptors (Lipinski definition) is 3. The second-order valence-electron chi connectivity index (χ2n) is 4.84. The fourth-order valence-electron chi connectivity index (χ4n) is 1.05. The zero-order valence-corrected chi connectivity index (χ0v) is 11.6. The molecule has 16 heavy (non-hydrogen) atoms. The summed E-state index contributed by atoms with van der Waals surface area (Å²) in [7, 11) is -1.08. The first kappa shape index (κ1) is 13.4. The molecule has 0 amide bonds. The summed E-state index contributed by atoms with van der Waals surface area (Å²) >= 11 is 5.68. The maximum Gasteiger partial charge on any atom is 0.269 e. The summed E-state index contributed by atoms with van der Waals surface area (Å²) in [6, 6.07) is 3.93. The molecule has 0 unspecified atom stereocenters. The van der Waals surface area contributed by atoms with E-state index < -0.39 is 8.07 Å². The van der Waals surface area contributed by atoms with Gasteiger partial charge in [0.15, 0.2) is 0 Å². The van der Waals surface area contributed by atoms with E-state index in [1.165, 1.54) is 16.8 Å². The van der Waals surface area contributed by atoms with Crippen LogP contribution in [0.15, 0.2) is 16.9 Å². The van der Waals surface area contributed by atoms with Crippen LogP contribution in [0.3, 0.4) is 0 Å². The van der Waals surface area contributed by atoms with Gasteiger partial charge in [-0.2, -0.15) is 5.10 Å². The lowest BCUT2D eigenvalue weighted by molar-refractivity contribution is 0.0750. The molecule has 1 aromatic heterocycles. The lowest BCUT2D eigenvalue weighted by Gasteiger charge is -2.15. The van der Waals surface area contributed by atoms with E-state index in [4.69, 9.17) is 16.3 Å². The zero-order valence-electron chi connectivity index (χ0n) is 9.86. The van der Waals surface area contributed by atoms with Crippen molar-refractivity contribution in [2.45, 2.75) is 32.4 Å². The fraction of sp³-hybridized carbons (Fsp3) is 0.600. The predicted octanol–water partition coefficient (Wildman–Crippen LogP) is 2.21. The predicted molar refractivity (Wildman–Crippen MR) is 67.6 cm³/mol. The van der Waals surface area contributed by atoms with Gasteiger partial charge < -0.3 is 4.74 Å². The van der Waals surface area contributed by atoms with Crippen LogP contribution in [0.4, 0.5) is 0 Å². The summed E-state index contributed by atoms with van der Waals surface area (Å²) < 4.78 is 6.64. The Morgan fingerprint density at radius 2 is 2.12 bits per heavy atom. The van der Waals surface area contributed by atoms with Gasteiger partial charge in [0.25, 0.3) is 5.56 Å². The minimum atomic E-state index is -1.08. The Hall–Kier alpha value is -0.653. The quantitative estimate of drug-likeness (QED) is 0.602. The van der Waals surface area contributed by atoms with Crippen LogP contribution in [0.25, 0.3) is 0 Å². The molecular weight excluding hydrogens is 244 g/mol. The smallest absolute Gasteiger partial charge is 0.269 e. The highest BCUT2D eigenvalue weighted by Crippen LogP contribution is 2.07. The second-order valence-corrected chi connectivity index (χ2v) is 10.9. The molecule has 0 bridgehead atoms. The van der Waals surface area contributed by atoms with E-state index in [0.29, 0.717) is 11.8 Å². The molecule has 0 aliphatic heterocycles. The minimum Gasteiger partial charge on any atom is -0.359 e. The van der Waals surface area contributed by atoms with Crippen molar-refractivity contribution in [3.8, 4) is 0 Å². The van der Waals surface area contributed by atoms with E-state index in [-0.39, 0.29) is 12.3 Å². The fourth-order valence-corrected chi connectivity index (χ4v) is 1.96. The molecule has 0 aromatic carbocycles. The van der Waals surface area contributed by atoms with Gasteiger partial charge in [-0.1, -0.05) is 31.2 Å². The maximum atomic E-state index is 11.3. The standard InChI is InChI=1S/C10H17ClN2O2Si/c1-16(2,3)7-6-15-8-13-10(14)5-4-9(11)12-13/h4-5H,6-8H2,1-3H3. The van der Waals surface area contributed by atoms with Crippen LogP contribution in [0.2, 0.25) is 30.8 Å². The van der Waals surface area contributed by atoms with Crippen molar-refractivity contribution < 1.29 is 4.74 Å². The van der Waals surface area contributed by atoms with Gasteiger partial charge in [0.05, 0.1) is 0 Å². The third-order valence-electron chi connectivity index (χ3n) is 2.04. The maximum absolute atomic E-state index is 11.3. The van der Waals surface area contributed by atoms with Crippen LogP contribution in [-0.4, -0.2) is 24.5 Å². The molecule has 0 spiro atoms. The average Bonchev–Trinajstić information content (AvgIpc) is 2.16. The van der Waals surface area contributed by atoms with Gasteiger partial charge in [-0.3, -0.25) is 4.79 Å². The molecule has 0 fully saturated rings. The zero-order chi connectivity index (χ0) is 12.2. The Kier molecular flexibility index (Phi) is 4.70. The molecule has 1 rings (SSSR count). The van der Waals surface area contributed by atoms with Crippen molar-refractivity contribution in [3.05, 3.63) is 27.6 Å². The largest absolute Gasteiger partial charge is 0.359 e. The molecule has 1 heterocycles. The van der Waals surface area contributed by atoms with Crippen molar-refractivity contribution in [2.75, 3.05) is 6.61 Å². The summed E-state index contributed by atoms with van der Waals surface area (Å²) in [5.74, 6) is 0. The normalized spacial score (nSPS) is 11.8. The highest BCUT2D eigenvalue weighted by Gasteiger charge is 2.12. The number of nitrogens with zero attached hydrogens (tertiary/aromatic N) is 2. The Morgan fingerprint density at radius 3 is 2.75 bits per heavy atom. The van der Waals surface area contributed by atoms with Gasteiger partial charge in [0.1, 0.15) is 11.9 Å². The molecule has 0 atom stereocenters. The highest BCUT2D eigenvalue weighted by molar-refractivity contribution is 6.76. The van der Waals surface area contributed by atoms with Gasteiger partial charge in [-0.05, 0) is 12.1 Å². The van der Waals surface area contributed by atoms with Crippen molar-refractivity contribution >= 4 is 19.7 Å². The number of halogens is 1. The lowest BCUT2D eigenvalue weighted by Crippen LogP contribution is -2.25. The van der Waals surface area contributed by atoms with Gasteiger partial charge in [-0.25, -0.2) is 4.68 Å². The van der Waals surface area contributed by atoms with Gasteiger partial charge in [-0.15, -0.1) is 0 Å². The molecule has 0 saturated carbocycles. The molecular formula is C10H17ClN2O2Si. The first-order valence-corrected chi connectivity index (χ1v) is 9.28. The molecule has 0 radical (unpaired) electrons. The average molecular weight is 261 g/mol. The molecule has 90 valence electrons. The molecule has 6 heteroatoms. The Balaban J connectivity index is 2.43. The first-order valence-electron chi connectivity index (χ1n) is 5.20. The van der Waals surface area contributed by atoms with Crippen LogP contribution < -0.4 is 5.56 Å². The van der Waals surface area contributed by atoms with Gasteiger partial charge >= 0.3 is 0 Å². The van der Waals surface area contributed by atoms with E-state index in [9.17, 15) is 4.79 Å². The van der Waals surface area contributed by atoms with Crippen molar-refractivity contribution in [3.63, 3.8) is 0 Å². The molecule has 0 aliphatic carbocycles. The minimum absolute atomic E-state index is 0.171. The summed E-state index contributed by atoms with van der Waals surface area (Å²) in [6.07, 6.45) is 0. The van der Waals surface area contributed by atoms with Crippen molar-refractivity contribution in [1.29, 1.82) is 0 Å². The third kappa shape index (κ3) is 4.91. The lowest BCUT2D eigenvalue weighted by atomic mass is 10.6. The molecule has 4 nitrogen and oxygen atoms in total. The topological polar surface area (TPSA) is 44.1 Å². The Bertz CT molecular complexity index is 401. The summed E-state index contributed by atoms with van der Waals surface area (Å²) in [5.41, 5.74) is -0.197.